The quantitative estimate of drug-likeness (QED) is 0.568. The number of nitrogen functional groups attached to an aromatic ring is 1. The summed E-state index contributed by atoms with van der Waals surface area (Å²) in [6.45, 7) is 4.80. The molecule has 3 N–H and O–H groups in total. The van der Waals surface area contributed by atoms with Crippen molar-refractivity contribution in [3.63, 3.8) is 0 Å². The second-order valence-corrected chi connectivity index (χ2v) is 3.61. The molecule has 1 aromatic carbocycles. The van der Waals surface area contributed by atoms with Gasteiger partial charge in [0.2, 0.25) is 0 Å². The molecular weight excluding hydrogens is 176 g/mol. The highest BCUT2D eigenvalue weighted by atomic mass is 16.5. The zero-order valence-corrected chi connectivity index (χ0v) is 8.58. The van der Waals surface area contributed by atoms with Crippen LogP contribution in [0.5, 0.6) is 5.75 Å². The summed E-state index contributed by atoms with van der Waals surface area (Å²) in [5.74, 6) is 1.16. The van der Waals surface area contributed by atoms with Crippen LogP contribution in [0.3, 0.4) is 0 Å². The lowest BCUT2D eigenvalue weighted by molar-refractivity contribution is 0.271. The van der Waals surface area contributed by atoms with E-state index in [9.17, 15) is 0 Å². The van der Waals surface area contributed by atoms with Gasteiger partial charge in [-0.05, 0) is 18.1 Å². The van der Waals surface area contributed by atoms with Crippen molar-refractivity contribution >= 4 is 11.9 Å². The van der Waals surface area contributed by atoms with Crippen LogP contribution in [-0.2, 0) is 0 Å². The Balaban J connectivity index is 2.85. The standard InChI is InChI=1S/C11H16N2O/c1-8(2)7-14-11-5-3-4-10(13)9(11)6-12/h3-6,8,12H,7,13H2,1-2H3. The molecule has 1 aromatic rings. The first-order valence-corrected chi connectivity index (χ1v) is 4.67. The Morgan fingerprint density at radius 3 is 2.79 bits per heavy atom. The van der Waals surface area contributed by atoms with Gasteiger partial charge in [-0.25, -0.2) is 0 Å². The molecule has 0 heterocycles. The lowest BCUT2D eigenvalue weighted by Crippen LogP contribution is -2.07. The van der Waals surface area contributed by atoms with Crippen LogP contribution in [0.25, 0.3) is 0 Å². The van der Waals surface area contributed by atoms with Crippen LogP contribution in [0.1, 0.15) is 19.4 Å². The molecule has 0 bridgehead atoms. The lowest BCUT2D eigenvalue weighted by Gasteiger charge is -2.11. The topological polar surface area (TPSA) is 59.1 Å². The summed E-state index contributed by atoms with van der Waals surface area (Å²) in [5, 5.41) is 7.23. The van der Waals surface area contributed by atoms with Crippen LogP contribution in [0.15, 0.2) is 18.2 Å². The Morgan fingerprint density at radius 1 is 1.50 bits per heavy atom. The Morgan fingerprint density at radius 2 is 2.21 bits per heavy atom. The van der Waals surface area contributed by atoms with E-state index >= 15 is 0 Å². The number of nitrogens with two attached hydrogens (primary N) is 1. The Labute approximate surface area is 84.4 Å². The van der Waals surface area contributed by atoms with E-state index in [1.165, 1.54) is 6.21 Å². The maximum atomic E-state index is 7.23. The smallest absolute Gasteiger partial charge is 0.130 e. The number of hydrogen-bond acceptors (Lipinski definition) is 3. The summed E-state index contributed by atoms with van der Waals surface area (Å²) in [7, 11) is 0. The fourth-order valence-corrected chi connectivity index (χ4v) is 1.10. The van der Waals surface area contributed by atoms with Crippen molar-refractivity contribution in [2.45, 2.75) is 13.8 Å². The molecule has 3 heteroatoms. The third-order valence-corrected chi connectivity index (χ3v) is 1.82. The maximum absolute atomic E-state index is 7.23. The molecular formula is C11H16N2O. The minimum absolute atomic E-state index is 0.468. The summed E-state index contributed by atoms with van der Waals surface area (Å²) in [6, 6.07) is 5.43. The number of nitrogens with one attached hydrogen (secondary N) is 1. The molecule has 14 heavy (non-hydrogen) atoms. The average molecular weight is 192 g/mol. The van der Waals surface area contributed by atoms with Crippen LogP contribution in [0.2, 0.25) is 0 Å². The first kappa shape index (κ1) is 10.6. The molecule has 0 fully saturated rings. The van der Waals surface area contributed by atoms with Crippen molar-refractivity contribution in [3.05, 3.63) is 23.8 Å². The van der Waals surface area contributed by atoms with E-state index in [-0.39, 0.29) is 0 Å². The molecule has 0 saturated carbocycles. The van der Waals surface area contributed by atoms with E-state index in [2.05, 4.69) is 13.8 Å². The van der Waals surface area contributed by atoms with Crippen LogP contribution in [0, 0.1) is 11.3 Å². The Hall–Kier alpha value is -1.51. The van der Waals surface area contributed by atoms with E-state index in [4.69, 9.17) is 15.9 Å². The highest BCUT2D eigenvalue weighted by Gasteiger charge is 2.05. The maximum Gasteiger partial charge on any atom is 0.130 e. The first-order chi connectivity index (χ1) is 6.65. The molecule has 0 amide bonds. The van der Waals surface area contributed by atoms with E-state index in [1.54, 1.807) is 6.07 Å². The Bertz CT molecular complexity index is 321. The molecule has 0 aliphatic rings. The van der Waals surface area contributed by atoms with Crippen molar-refractivity contribution in [1.82, 2.24) is 0 Å². The van der Waals surface area contributed by atoms with Gasteiger partial charge in [-0.1, -0.05) is 19.9 Å². The third kappa shape index (κ3) is 2.49. The molecule has 76 valence electrons. The molecule has 0 radical (unpaired) electrons. The van der Waals surface area contributed by atoms with E-state index in [0.717, 1.165) is 0 Å². The SMILES string of the molecule is CC(C)COc1cccc(N)c1C=N. The molecule has 3 nitrogen and oxygen atoms in total. The third-order valence-electron chi connectivity index (χ3n) is 1.82. The minimum Gasteiger partial charge on any atom is -0.493 e. The number of anilines is 1. The number of ether oxygens (including phenoxy) is 1. The fraction of sp³-hybridized carbons (Fsp3) is 0.364. The van der Waals surface area contributed by atoms with Crippen LogP contribution in [-0.4, -0.2) is 12.8 Å². The van der Waals surface area contributed by atoms with E-state index in [1.807, 2.05) is 12.1 Å². The van der Waals surface area contributed by atoms with Crippen molar-refractivity contribution in [3.8, 4) is 5.75 Å². The van der Waals surface area contributed by atoms with Gasteiger partial charge in [0, 0.05) is 11.9 Å². The summed E-state index contributed by atoms with van der Waals surface area (Å²) in [5.41, 5.74) is 6.95. The van der Waals surface area contributed by atoms with Gasteiger partial charge in [0.25, 0.3) is 0 Å². The van der Waals surface area contributed by atoms with Crippen LogP contribution >= 0.6 is 0 Å². The molecule has 1 rings (SSSR count). The van der Waals surface area contributed by atoms with Crippen molar-refractivity contribution < 1.29 is 4.74 Å². The minimum atomic E-state index is 0.468. The van der Waals surface area contributed by atoms with E-state index < -0.39 is 0 Å². The van der Waals surface area contributed by atoms with Crippen LogP contribution in [0.4, 0.5) is 5.69 Å². The molecule has 0 spiro atoms. The van der Waals surface area contributed by atoms with Gasteiger partial charge in [0.1, 0.15) is 5.75 Å². The van der Waals surface area contributed by atoms with Crippen LogP contribution < -0.4 is 10.5 Å². The second kappa shape index (κ2) is 4.65. The molecule has 0 saturated heterocycles. The first-order valence-electron chi connectivity index (χ1n) is 4.67. The predicted octanol–water partition coefficient (Wildman–Crippen LogP) is 2.30. The zero-order valence-electron chi connectivity index (χ0n) is 8.58. The van der Waals surface area contributed by atoms with Gasteiger partial charge >= 0.3 is 0 Å². The van der Waals surface area contributed by atoms with Gasteiger partial charge in [-0.3, -0.25) is 0 Å². The average Bonchev–Trinajstić information content (AvgIpc) is 2.14. The zero-order chi connectivity index (χ0) is 10.6. The second-order valence-electron chi connectivity index (χ2n) is 3.61. The number of benzene rings is 1. The highest BCUT2D eigenvalue weighted by molar-refractivity contribution is 5.88. The normalized spacial score (nSPS) is 10.2. The summed E-state index contributed by atoms with van der Waals surface area (Å²) < 4.78 is 5.54. The van der Waals surface area contributed by atoms with Gasteiger partial charge in [0.05, 0.1) is 12.2 Å². The summed E-state index contributed by atoms with van der Waals surface area (Å²) >= 11 is 0. The largest absolute Gasteiger partial charge is 0.493 e. The highest BCUT2D eigenvalue weighted by Crippen LogP contribution is 2.22. The molecule has 0 unspecified atom stereocenters. The van der Waals surface area contributed by atoms with Crippen molar-refractivity contribution in [2.75, 3.05) is 12.3 Å². The molecule has 0 aromatic heterocycles. The summed E-state index contributed by atoms with van der Waals surface area (Å²) in [6.07, 6.45) is 1.23. The molecule has 0 atom stereocenters. The predicted molar refractivity (Wildman–Crippen MR) is 59.1 cm³/mol. The van der Waals surface area contributed by atoms with Gasteiger partial charge < -0.3 is 15.9 Å². The monoisotopic (exact) mass is 192 g/mol. The van der Waals surface area contributed by atoms with Gasteiger partial charge in [0.15, 0.2) is 0 Å². The van der Waals surface area contributed by atoms with Crippen molar-refractivity contribution in [2.24, 2.45) is 5.92 Å². The summed E-state index contributed by atoms with van der Waals surface area (Å²) in [4.78, 5) is 0. The fourth-order valence-electron chi connectivity index (χ4n) is 1.10. The molecule has 0 aliphatic heterocycles. The molecule has 0 aliphatic carbocycles. The Kier molecular flexibility index (Phi) is 3.51. The van der Waals surface area contributed by atoms with Gasteiger partial charge in [-0.15, -0.1) is 0 Å². The van der Waals surface area contributed by atoms with Crippen molar-refractivity contribution in [1.29, 1.82) is 5.41 Å². The number of hydrogen-bond donors (Lipinski definition) is 2. The number of rotatable bonds is 4. The lowest BCUT2D eigenvalue weighted by atomic mass is 10.1. The van der Waals surface area contributed by atoms with E-state index in [0.29, 0.717) is 29.5 Å². The van der Waals surface area contributed by atoms with Gasteiger partial charge in [-0.2, -0.15) is 0 Å².